The second-order valence-electron chi connectivity index (χ2n) is 8.28. The lowest BCUT2D eigenvalue weighted by atomic mass is 9.84. The number of halogens is 2. The average Bonchev–Trinajstić information content (AvgIpc) is 3.52. The molecule has 0 saturated carbocycles. The van der Waals surface area contributed by atoms with Crippen molar-refractivity contribution in [2.24, 2.45) is 11.8 Å². The summed E-state index contributed by atoms with van der Waals surface area (Å²) in [5, 5.41) is 2.45. The molecule has 3 aromatic rings. The van der Waals surface area contributed by atoms with Gasteiger partial charge in [-0.3, -0.25) is 14.4 Å². The third-order valence-electron chi connectivity index (χ3n) is 6.64. The number of nitrogens with zero attached hydrogens (tertiary/aromatic N) is 2. The van der Waals surface area contributed by atoms with Gasteiger partial charge in [-0.15, -0.1) is 11.3 Å². The van der Waals surface area contributed by atoms with Crippen LogP contribution in [0.1, 0.15) is 26.8 Å². The molecule has 0 radical (unpaired) electrons. The lowest BCUT2D eigenvalue weighted by Crippen LogP contribution is -2.44. The van der Waals surface area contributed by atoms with E-state index in [2.05, 4.69) is 0 Å². The molecule has 0 N–H and O–H groups in total. The molecule has 5 nitrogen and oxygen atoms in total. The highest BCUT2D eigenvalue weighted by molar-refractivity contribution is 7.12. The second-order valence-corrected chi connectivity index (χ2v) is 10.1. The van der Waals surface area contributed by atoms with Crippen molar-refractivity contribution in [2.45, 2.75) is 12.1 Å². The summed E-state index contributed by atoms with van der Waals surface area (Å²) in [5.74, 6) is -2.50. The van der Waals surface area contributed by atoms with Crippen LogP contribution >= 0.6 is 34.5 Å². The van der Waals surface area contributed by atoms with Crippen LogP contribution in [0.5, 0.6) is 0 Å². The normalized spacial score (nSPS) is 25.3. The molecule has 3 aliphatic heterocycles. The van der Waals surface area contributed by atoms with E-state index in [9.17, 15) is 14.4 Å². The summed E-state index contributed by atoms with van der Waals surface area (Å²) in [6.07, 6.45) is 3.78. The van der Waals surface area contributed by atoms with Crippen molar-refractivity contribution >= 4 is 63.9 Å². The smallest absolute Gasteiger partial charge is 0.240 e. The summed E-state index contributed by atoms with van der Waals surface area (Å²) < 4.78 is 0. The van der Waals surface area contributed by atoms with Crippen molar-refractivity contribution in [3.05, 3.63) is 92.2 Å². The van der Waals surface area contributed by atoms with Crippen LogP contribution in [-0.4, -0.2) is 28.5 Å². The molecule has 6 rings (SSSR count). The fourth-order valence-electron chi connectivity index (χ4n) is 5.32. The number of hydrogen-bond acceptors (Lipinski definition) is 5. The van der Waals surface area contributed by atoms with E-state index in [1.165, 1.54) is 17.4 Å². The van der Waals surface area contributed by atoms with Gasteiger partial charge in [-0.05, 0) is 46.8 Å². The maximum Gasteiger partial charge on any atom is 0.240 e. The number of hydrogen-bond donors (Lipinski definition) is 0. The van der Waals surface area contributed by atoms with Gasteiger partial charge in [0.25, 0.3) is 0 Å². The monoisotopic (exact) mass is 494 g/mol. The Morgan fingerprint density at radius 2 is 1.73 bits per heavy atom. The molecule has 0 spiro atoms. The Morgan fingerprint density at radius 1 is 0.939 bits per heavy atom. The Kier molecular flexibility index (Phi) is 4.73. The third-order valence-corrected chi connectivity index (χ3v) is 8.08. The largest absolute Gasteiger partial charge is 0.358 e. The highest BCUT2D eigenvalue weighted by Gasteiger charge is 2.64. The molecular formula is C25H16Cl2N2O3S. The minimum Gasteiger partial charge on any atom is -0.358 e. The van der Waals surface area contributed by atoms with E-state index in [0.29, 0.717) is 9.90 Å². The quantitative estimate of drug-likeness (QED) is 0.358. The van der Waals surface area contributed by atoms with Gasteiger partial charge in [0, 0.05) is 11.2 Å². The molecule has 1 aromatic heterocycles. The first-order valence-electron chi connectivity index (χ1n) is 10.4. The number of ketones is 1. The maximum atomic E-state index is 13.8. The summed E-state index contributed by atoms with van der Waals surface area (Å²) in [7, 11) is 0. The minimum absolute atomic E-state index is 0.160. The van der Waals surface area contributed by atoms with E-state index in [1.807, 2.05) is 52.9 Å². The zero-order valence-electron chi connectivity index (χ0n) is 17.0. The van der Waals surface area contributed by atoms with Gasteiger partial charge in [0.05, 0.1) is 33.5 Å². The predicted octanol–water partition coefficient (Wildman–Crippen LogP) is 5.45. The van der Waals surface area contributed by atoms with Crippen LogP contribution in [0.25, 0.3) is 6.08 Å². The van der Waals surface area contributed by atoms with Crippen LogP contribution < -0.4 is 4.90 Å². The van der Waals surface area contributed by atoms with Gasteiger partial charge in [0.15, 0.2) is 5.78 Å². The van der Waals surface area contributed by atoms with Crippen molar-refractivity contribution in [1.29, 1.82) is 0 Å². The van der Waals surface area contributed by atoms with Gasteiger partial charge in [0.2, 0.25) is 11.8 Å². The molecule has 2 amide bonds. The molecule has 4 heterocycles. The van der Waals surface area contributed by atoms with Gasteiger partial charge in [-0.1, -0.05) is 53.5 Å². The number of Topliss-reactive ketones (excluding diaryl/α,β-unsaturated/α-hetero) is 1. The SMILES string of the molecule is O=C(c1cccs1)[C@@H]1[C@@H]2C(=O)N(c3cc(Cl)ccc3Cl)C(=O)[C@H]2[C@H]2c3ccccc3C=CN12. The molecule has 0 bridgehead atoms. The first-order chi connectivity index (χ1) is 16.0. The number of imide groups is 1. The molecule has 0 unspecified atom stereocenters. The van der Waals surface area contributed by atoms with Gasteiger partial charge >= 0.3 is 0 Å². The third kappa shape index (κ3) is 2.94. The number of anilines is 1. The molecule has 33 heavy (non-hydrogen) atoms. The van der Waals surface area contributed by atoms with Gasteiger partial charge in [0.1, 0.15) is 6.04 Å². The van der Waals surface area contributed by atoms with Crippen molar-refractivity contribution in [2.75, 3.05) is 4.90 Å². The van der Waals surface area contributed by atoms with E-state index in [-0.39, 0.29) is 22.4 Å². The molecule has 2 aromatic carbocycles. The van der Waals surface area contributed by atoms with Gasteiger partial charge < -0.3 is 4.90 Å². The summed E-state index contributed by atoms with van der Waals surface area (Å²) in [5.41, 5.74) is 2.15. The number of benzene rings is 2. The van der Waals surface area contributed by atoms with E-state index in [0.717, 1.165) is 16.0 Å². The summed E-state index contributed by atoms with van der Waals surface area (Å²) in [6, 6.07) is 14.8. The minimum atomic E-state index is -0.831. The highest BCUT2D eigenvalue weighted by atomic mass is 35.5. The summed E-state index contributed by atoms with van der Waals surface area (Å²) in [6.45, 7) is 0. The first-order valence-corrected chi connectivity index (χ1v) is 12.1. The number of carbonyl (C=O) groups excluding carboxylic acids is 3. The number of amides is 2. The van der Waals surface area contributed by atoms with Crippen LogP contribution in [0.3, 0.4) is 0 Å². The van der Waals surface area contributed by atoms with Gasteiger partial charge in [-0.2, -0.15) is 0 Å². The Labute approximate surface area is 203 Å². The molecule has 2 saturated heterocycles. The van der Waals surface area contributed by atoms with Crippen molar-refractivity contribution in [3.63, 3.8) is 0 Å². The topological polar surface area (TPSA) is 57.7 Å². The fraction of sp³-hybridized carbons (Fsp3) is 0.160. The zero-order chi connectivity index (χ0) is 22.9. The van der Waals surface area contributed by atoms with Crippen LogP contribution in [0, 0.1) is 11.8 Å². The standard InChI is InChI=1S/C25H16Cl2N2O3S/c26-14-7-8-16(27)17(12-14)29-24(31)19-20(25(29)32)22(23(30)18-6-3-11-33-18)28-10-9-13-4-1-2-5-15(13)21(19)28/h1-12,19-22H/t19-,20-,21-,22+/m1/s1. The van der Waals surface area contributed by atoms with E-state index < -0.39 is 29.8 Å². The Bertz CT molecular complexity index is 1350. The Balaban J connectivity index is 1.52. The summed E-state index contributed by atoms with van der Waals surface area (Å²) in [4.78, 5) is 44.8. The van der Waals surface area contributed by atoms with E-state index >= 15 is 0 Å². The highest BCUT2D eigenvalue weighted by Crippen LogP contribution is 2.54. The Hall–Kier alpha value is -2.93. The molecular weight excluding hydrogens is 479 g/mol. The molecule has 8 heteroatoms. The van der Waals surface area contributed by atoms with Crippen molar-refractivity contribution < 1.29 is 14.4 Å². The van der Waals surface area contributed by atoms with Crippen LogP contribution in [0.2, 0.25) is 10.0 Å². The predicted molar refractivity (Wildman–Crippen MR) is 128 cm³/mol. The maximum absolute atomic E-state index is 13.8. The van der Waals surface area contributed by atoms with Crippen LogP contribution in [-0.2, 0) is 9.59 Å². The fourth-order valence-corrected chi connectivity index (χ4v) is 6.38. The average molecular weight is 495 g/mol. The summed E-state index contributed by atoms with van der Waals surface area (Å²) >= 11 is 13.9. The van der Waals surface area contributed by atoms with Gasteiger partial charge in [-0.25, -0.2) is 4.90 Å². The molecule has 3 aliphatic rings. The van der Waals surface area contributed by atoms with Crippen LogP contribution in [0.4, 0.5) is 5.69 Å². The number of carbonyl (C=O) groups is 3. The molecule has 164 valence electrons. The number of fused-ring (bicyclic) bond motifs is 5. The zero-order valence-corrected chi connectivity index (χ0v) is 19.3. The van der Waals surface area contributed by atoms with E-state index in [4.69, 9.17) is 23.2 Å². The number of rotatable bonds is 3. The first kappa shape index (κ1) is 20.7. The molecule has 2 fully saturated rings. The van der Waals surface area contributed by atoms with Crippen molar-refractivity contribution in [3.8, 4) is 0 Å². The number of thiophene rings is 1. The lowest BCUT2D eigenvalue weighted by Gasteiger charge is -2.35. The molecule has 4 atom stereocenters. The van der Waals surface area contributed by atoms with Crippen molar-refractivity contribution in [1.82, 2.24) is 4.90 Å². The molecule has 0 aliphatic carbocycles. The second kappa shape index (κ2) is 7.55. The van der Waals surface area contributed by atoms with Crippen LogP contribution in [0.15, 0.2) is 66.2 Å². The lowest BCUT2D eigenvalue weighted by molar-refractivity contribution is -0.123. The Morgan fingerprint density at radius 3 is 2.52 bits per heavy atom. The van der Waals surface area contributed by atoms with E-state index in [1.54, 1.807) is 18.2 Å².